The number of rotatable bonds is 4. The lowest BCUT2D eigenvalue weighted by atomic mass is 10.2. The molecule has 0 aliphatic carbocycles. The summed E-state index contributed by atoms with van der Waals surface area (Å²) in [7, 11) is 0. The first-order chi connectivity index (χ1) is 9.54. The summed E-state index contributed by atoms with van der Waals surface area (Å²) in [6.45, 7) is 0.865. The average Bonchev–Trinajstić information content (AvgIpc) is 2.42. The highest BCUT2D eigenvalue weighted by Gasteiger charge is 2.12. The molecule has 0 saturated carbocycles. The van der Waals surface area contributed by atoms with Crippen molar-refractivity contribution in [3.63, 3.8) is 0 Å². The van der Waals surface area contributed by atoms with Gasteiger partial charge in [0, 0.05) is 23.1 Å². The lowest BCUT2D eigenvalue weighted by Crippen LogP contribution is -2.25. The summed E-state index contributed by atoms with van der Waals surface area (Å²) in [4.78, 5) is 13.1. The van der Waals surface area contributed by atoms with Crippen molar-refractivity contribution < 1.29 is 4.79 Å². The third-order valence-electron chi connectivity index (χ3n) is 2.82. The highest BCUT2D eigenvalue weighted by atomic mass is 35.5. The van der Waals surface area contributed by atoms with E-state index in [0.29, 0.717) is 23.1 Å². The molecule has 0 saturated heterocycles. The molecule has 2 aromatic rings. The average molecular weight is 329 g/mol. The summed E-state index contributed by atoms with van der Waals surface area (Å²) in [6, 6.07) is 14.6. The third kappa shape index (κ3) is 4.41. The van der Waals surface area contributed by atoms with Crippen LogP contribution in [0.5, 0.6) is 0 Å². The smallest absolute Gasteiger partial charge is 0.316 e. The number of halogens is 3. The molecule has 0 atom stereocenters. The fraction of sp³-hybridized carbons (Fsp3) is 0.133. The standard InChI is InChI=1S/C15H12Cl3NO/c16-13-5-1-11(2-6-13)9-19(15(18)20)10-12-3-7-14(17)8-4-12/h1-8H,9-10H2. The Morgan fingerprint density at radius 2 is 1.15 bits per heavy atom. The van der Waals surface area contributed by atoms with E-state index in [9.17, 15) is 4.79 Å². The Kier molecular flexibility index (Phi) is 5.30. The maximum Gasteiger partial charge on any atom is 0.316 e. The van der Waals surface area contributed by atoms with E-state index in [4.69, 9.17) is 34.8 Å². The summed E-state index contributed by atoms with van der Waals surface area (Å²) >= 11 is 17.3. The maximum absolute atomic E-state index is 11.5. The van der Waals surface area contributed by atoms with Crippen molar-refractivity contribution in [1.82, 2.24) is 4.90 Å². The van der Waals surface area contributed by atoms with E-state index in [-0.39, 0.29) is 0 Å². The molecular weight excluding hydrogens is 317 g/mol. The molecule has 20 heavy (non-hydrogen) atoms. The monoisotopic (exact) mass is 327 g/mol. The minimum atomic E-state index is -0.491. The van der Waals surface area contributed by atoms with Crippen LogP contribution in [0.25, 0.3) is 0 Å². The molecule has 2 nitrogen and oxygen atoms in total. The lowest BCUT2D eigenvalue weighted by molar-refractivity contribution is 0.216. The maximum atomic E-state index is 11.5. The summed E-state index contributed by atoms with van der Waals surface area (Å²) in [5, 5.41) is 0.834. The van der Waals surface area contributed by atoms with Crippen LogP contribution in [0.3, 0.4) is 0 Å². The van der Waals surface area contributed by atoms with Crippen LogP contribution >= 0.6 is 34.8 Å². The molecular formula is C15H12Cl3NO. The van der Waals surface area contributed by atoms with E-state index < -0.39 is 5.37 Å². The van der Waals surface area contributed by atoms with Crippen LogP contribution in [0.1, 0.15) is 11.1 Å². The van der Waals surface area contributed by atoms with Crippen LogP contribution in [0.4, 0.5) is 4.79 Å². The van der Waals surface area contributed by atoms with Crippen molar-refractivity contribution in [2.45, 2.75) is 13.1 Å². The molecule has 0 bridgehead atoms. The van der Waals surface area contributed by atoms with Gasteiger partial charge in [-0.3, -0.25) is 4.79 Å². The molecule has 0 spiro atoms. The summed E-state index contributed by atoms with van der Waals surface area (Å²) in [5.41, 5.74) is 1.94. The molecule has 1 amide bonds. The second-order valence-corrected chi connectivity index (χ2v) is 5.56. The van der Waals surface area contributed by atoms with Gasteiger partial charge in [0.1, 0.15) is 0 Å². The largest absolute Gasteiger partial charge is 0.321 e. The minimum absolute atomic E-state index is 0.433. The molecule has 5 heteroatoms. The van der Waals surface area contributed by atoms with Crippen LogP contribution in [0.2, 0.25) is 10.0 Å². The third-order valence-corrected chi connectivity index (χ3v) is 3.57. The Morgan fingerprint density at radius 3 is 1.45 bits per heavy atom. The molecule has 2 rings (SSSR count). The van der Waals surface area contributed by atoms with Crippen molar-refractivity contribution in [2.75, 3.05) is 0 Å². The summed E-state index contributed by atoms with van der Waals surface area (Å²) in [6.07, 6.45) is 0. The molecule has 0 aliphatic rings. The fourth-order valence-corrected chi connectivity index (χ4v) is 2.17. The quantitative estimate of drug-likeness (QED) is 0.547. The number of hydrogen-bond acceptors (Lipinski definition) is 1. The second-order valence-electron chi connectivity index (χ2n) is 4.36. The zero-order valence-corrected chi connectivity index (χ0v) is 12.8. The van der Waals surface area contributed by atoms with Gasteiger partial charge in [0.05, 0.1) is 0 Å². The number of nitrogens with zero attached hydrogens (tertiary/aromatic N) is 1. The first kappa shape index (κ1) is 15.2. The zero-order valence-electron chi connectivity index (χ0n) is 10.5. The predicted octanol–water partition coefficient (Wildman–Crippen LogP) is 5.35. The molecule has 0 aliphatic heterocycles. The van der Waals surface area contributed by atoms with Gasteiger partial charge in [-0.05, 0) is 47.0 Å². The minimum Gasteiger partial charge on any atom is -0.321 e. The van der Waals surface area contributed by atoms with E-state index in [0.717, 1.165) is 11.1 Å². The Labute approximate surface area is 132 Å². The van der Waals surface area contributed by atoms with E-state index in [1.165, 1.54) is 0 Å². The van der Waals surface area contributed by atoms with E-state index in [1.807, 2.05) is 24.3 Å². The molecule has 0 aromatic heterocycles. The van der Waals surface area contributed by atoms with Gasteiger partial charge in [-0.1, -0.05) is 47.5 Å². The van der Waals surface area contributed by atoms with Gasteiger partial charge < -0.3 is 4.90 Å². The van der Waals surface area contributed by atoms with Gasteiger partial charge in [0.25, 0.3) is 0 Å². The van der Waals surface area contributed by atoms with Gasteiger partial charge in [-0.2, -0.15) is 0 Å². The van der Waals surface area contributed by atoms with Crippen LogP contribution < -0.4 is 0 Å². The molecule has 0 N–H and O–H groups in total. The first-order valence-electron chi connectivity index (χ1n) is 5.98. The Morgan fingerprint density at radius 1 is 0.800 bits per heavy atom. The molecule has 0 heterocycles. The van der Waals surface area contributed by atoms with Crippen molar-refractivity contribution in [1.29, 1.82) is 0 Å². The van der Waals surface area contributed by atoms with Gasteiger partial charge in [0.2, 0.25) is 0 Å². The molecule has 0 unspecified atom stereocenters. The van der Waals surface area contributed by atoms with E-state index in [2.05, 4.69) is 0 Å². The Balaban J connectivity index is 2.09. The highest BCUT2D eigenvalue weighted by Crippen LogP contribution is 2.16. The SMILES string of the molecule is O=C(Cl)N(Cc1ccc(Cl)cc1)Cc1ccc(Cl)cc1. The second kappa shape index (κ2) is 6.98. The van der Waals surface area contributed by atoms with Crippen molar-refractivity contribution >= 4 is 40.2 Å². The topological polar surface area (TPSA) is 20.3 Å². The van der Waals surface area contributed by atoms with Crippen LogP contribution in [0, 0.1) is 0 Å². The van der Waals surface area contributed by atoms with Gasteiger partial charge in [0.15, 0.2) is 0 Å². The van der Waals surface area contributed by atoms with E-state index in [1.54, 1.807) is 29.2 Å². The normalized spacial score (nSPS) is 10.3. The number of amides is 1. The Hall–Kier alpha value is -1.22. The molecule has 104 valence electrons. The first-order valence-corrected chi connectivity index (χ1v) is 7.11. The summed E-state index contributed by atoms with van der Waals surface area (Å²) < 4.78 is 0. The van der Waals surface area contributed by atoms with Crippen molar-refractivity contribution in [3.05, 3.63) is 69.7 Å². The molecule has 0 radical (unpaired) electrons. The molecule has 2 aromatic carbocycles. The van der Waals surface area contributed by atoms with Crippen molar-refractivity contribution in [3.8, 4) is 0 Å². The predicted molar refractivity (Wildman–Crippen MR) is 83.4 cm³/mol. The highest BCUT2D eigenvalue weighted by molar-refractivity contribution is 6.62. The van der Waals surface area contributed by atoms with Crippen molar-refractivity contribution in [2.24, 2.45) is 0 Å². The number of carbonyl (C=O) groups is 1. The molecule has 0 fully saturated rings. The number of carbonyl (C=O) groups excluding carboxylic acids is 1. The van der Waals surface area contributed by atoms with Crippen LogP contribution in [0.15, 0.2) is 48.5 Å². The number of benzene rings is 2. The van der Waals surface area contributed by atoms with Crippen LogP contribution in [-0.2, 0) is 13.1 Å². The lowest BCUT2D eigenvalue weighted by Gasteiger charge is -2.20. The zero-order chi connectivity index (χ0) is 14.5. The fourth-order valence-electron chi connectivity index (χ4n) is 1.80. The number of hydrogen-bond donors (Lipinski definition) is 0. The van der Waals surface area contributed by atoms with Gasteiger partial charge >= 0.3 is 5.37 Å². The van der Waals surface area contributed by atoms with Crippen LogP contribution in [-0.4, -0.2) is 10.3 Å². The van der Waals surface area contributed by atoms with Gasteiger partial charge in [-0.15, -0.1) is 0 Å². The Bertz CT molecular complexity index is 534. The van der Waals surface area contributed by atoms with Gasteiger partial charge in [-0.25, -0.2) is 0 Å². The summed E-state index contributed by atoms with van der Waals surface area (Å²) in [5.74, 6) is 0. The van der Waals surface area contributed by atoms with E-state index >= 15 is 0 Å².